The second-order valence-electron chi connectivity index (χ2n) is 5.49. The predicted octanol–water partition coefficient (Wildman–Crippen LogP) is 0.555. The SMILES string of the molecule is CCC(=O)Cn1c(=O)c(C)c(/N=C(/CO)C(C)C)n(C)c1=O. The quantitative estimate of drug-likeness (QED) is 0.777. The monoisotopic (exact) mass is 309 g/mol. The molecule has 0 radical (unpaired) electrons. The molecule has 0 fully saturated rings. The number of aliphatic hydroxyl groups is 1. The van der Waals surface area contributed by atoms with Crippen LogP contribution < -0.4 is 11.2 Å². The van der Waals surface area contributed by atoms with Crippen LogP contribution in [0.25, 0.3) is 0 Å². The van der Waals surface area contributed by atoms with Gasteiger partial charge in [0.1, 0.15) is 5.82 Å². The van der Waals surface area contributed by atoms with Gasteiger partial charge in [0.05, 0.1) is 18.7 Å². The van der Waals surface area contributed by atoms with Gasteiger partial charge in [-0.2, -0.15) is 0 Å². The molecule has 0 aliphatic carbocycles. The summed E-state index contributed by atoms with van der Waals surface area (Å²) >= 11 is 0. The van der Waals surface area contributed by atoms with Gasteiger partial charge in [0.25, 0.3) is 5.56 Å². The summed E-state index contributed by atoms with van der Waals surface area (Å²) in [4.78, 5) is 40.4. The van der Waals surface area contributed by atoms with Gasteiger partial charge in [0, 0.05) is 19.2 Å². The Bertz CT molecular complexity index is 673. The van der Waals surface area contributed by atoms with Crippen molar-refractivity contribution < 1.29 is 9.90 Å². The van der Waals surface area contributed by atoms with Crippen LogP contribution in [-0.4, -0.2) is 32.3 Å². The Balaban J connectivity index is 3.57. The Morgan fingerprint density at radius 2 is 1.91 bits per heavy atom. The Hall–Kier alpha value is -2.02. The molecule has 1 aromatic rings. The third kappa shape index (κ3) is 3.59. The molecule has 0 amide bonds. The standard InChI is InChI=1S/C15H23N3O4/c1-6-11(20)7-18-14(21)10(4)13(17(5)15(18)22)16-12(8-19)9(2)3/h9,19H,6-8H2,1-5H3/b16-12-. The number of ketones is 1. The molecule has 0 saturated carbocycles. The molecule has 7 heteroatoms. The highest BCUT2D eigenvalue weighted by atomic mass is 16.3. The molecule has 0 unspecified atom stereocenters. The molecule has 22 heavy (non-hydrogen) atoms. The van der Waals surface area contributed by atoms with Crippen molar-refractivity contribution in [2.24, 2.45) is 18.0 Å². The first-order valence-electron chi connectivity index (χ1n) is 7.24. The molecule has 0 saturated heterocycles. The van der Waals surface area contributed by atoms with E-state index in [1.54, 1.807) is 13.8 Å². The van der Waals surface area contributed by atoms with Crippen molar-refractivity contribution in [1.82, 2.24) is 9.13 Å². The van der Waals surface area contributed by atoms with Gasteiger partial charge in [-0.3, -0.25) is 18.7 Å². The van der Waals surface area contributed by atoms with Crippen LogP contribution in [0, 0.1) is 12.8 Å². The number of aliphatic imine (C=N–C) groups is 1. The molecule has 1 aromatic heterocycles. The van der Waals surface area contributed by atoms with E-state index >= 15 is 0 Å². The number of aliphatic hydroxyl groups excluding tert-OH is 1. The molecule has 1 N–H and O–H groups in total. The second-order valence-corrected chi connectivity index (χ2v) is 5.49. The van der Waals surface area contributed by atoms with Gasteiger partial charge in [-0.25, -0.2) is 9.79 Å². The summed E-state index contributed by atoms with van der Waals surface area (Å²) in [6.07, 6.45) is 0.260. The summed E-state index contributed by atoms with van der Waals surface area (Å²) in [6, 6.07) is 0. The molecular formula is C15H23N3O4. The molecule has 122 valence electrons. The van der Waals surface area contributed by atoms with E-state index < -0.39 is 11.2 Å². The minimum Gasteiger partial charge on any atom is -0.390 e. The molecule has 1 heterocycles. The van der Waals surface area contributed by atoms with E-state index in [2.05, 4.69) is 4.99 Å². The fourth-order valence-corrected chi connectivity index (χ4v) is 1.98. The first-order valence-corrected chi connectivity index (χ1v) is 7.24. The molecule has 1 rings (SSSR count). The second kappa shape index (κ2) is 7.31. The number of hydrogen-bond acceptors (Lipinski definition) is 5. The van der Waals surface area contributed by atoms with E-state index in [1.807, 2.05) is 13.8 Å². The van der Waals surface area contributed by atoms with Crippen molar-refractivity contribution in [2.45, 2.75) is 40.7 Å². The number of Topliss-reactive ketones (excluding diaryl/α,β-unsaturated/α-hetero) is 1. The van der Waals surface area contributed by atoms with Gasteiger partial charge in [-0.05, 0) is 12.8 Å². The van der Waals surface area contributed by atoms with Crippen LogP contribution in [-0.2, 0) is 18.4 Å². The maximum atomic E-state index is 12.3. The van der Waals surface area contributed by atoms with Gasteiger partial charge >= 0.3 is 5.69 Å². The maximum Gasteiger partial charge on any atom is 0.332 e. The topological polar surface area (TPSA) is 93.7 Å². The highest BCUT2D eigenvalue weighted by Crippen LogP contribution is 2.14. The minimum absolute atomic E-state index is 0.0106. The lowest BCUT2D eigenvalue weighted by Gasteiger charge is -2.14. The average molecular weight is 309 g/mol. The normalized spacial score (nSPS) is 12.0. The molecule has 7 nitrogen and oxygen atoms in total. The third-order valence-electron chi connectivity index (χ3n) is 3.54. The Morgan fingerprint density at radius 1 is 1.32 bits per heavy atom. The largest absolute Gasteiger partial charge is 0.390 e. The van der Waals surface area contributed by atoms with Crippen LogP contribution in [0.2, 0.25) is 0 Å². The molecule has 0 spiro atoms. The summed E-state index contributed by atoms with van der Waals surface area (Å²) in [7, 11) is 1.50. The van der Waals surface area contributed by atoms with Crippen molar-refractivity contribution in [3.63, 3.8) is 0 Å². The summed E-state index contributed by atoms with van der Waals surface area (Å²) in [6.45, 7) is 6.49. The maximum absolute atomic E-state index is 12.3. The first kappa shape index (κ1) is 18.0. The fraction of sp³-hybridized carbons (Fsp3) is 0.600. The van der Waals surface area contributed by atoms with Crippen LogP contribution in [0.15, 0.2) is 14.6 Å². The zero-order chi connectivity index (χ0) is 17.0. The van der Waals surface area contributed by atoms with Gasteiger partial charge < -0.3 is 5.11 Å². The predicted molar refractivity (Wildman–Crippen MR) is 85.0 cm³/mol. The lowest BCUT2D eigenvalue weighted by atomic mass is 10.1. The van der Waals surface area contributed by atoms with Gasteiger partial charge in [-0.15, -0.1) is 0 Å². The zero-order valence-electron chi connectivity index (χ0n) is 13.7. The number of carbonyl (C=O) groups is 1. The van der Waals surface area contributed by atoms with Crippen molar-refractivity contribution in [3.8, 4) is 0 Å². The van der Waals surface area contributed by atoms with Crippen molar-refractivity contribution >= 4 is 17.3 Å². The van der Waals surface area contributed by atoms with E-state index in [4.69, 9.17) is 0 Å². The van der Waals surface area contributed by atoms with E-state index in [-0.39, 0.29) is 42.7 Å². The number of aromatic nitrogens is 2. The number of hydrogen-bond donors (Lipinski definition) is 1. The summed E-state index contributed by atoms with van der Waals surface area (Å²) in [5.74, 6) is 0.0182. The number of rotatable bonds is 6. The zero-order valence-corrected chi connectivity index (χ0v) is 13.7. The smallest absolute Gasteiger partial charge is 0.332 e. The van der Waals surface area contributed by atoms with Gasteiger partial charge in [0.2, 0.25) is 0 Å². The lowest BCUT2D eigenvalue weighted by Crippen LogP contribution is -2.41. The Morgan fingerprint density at radius 3 is 2.36 bits per heavy atom. The fourth-order valence-electron chi connectivity index (χ4n) is 1.98. The summed E-state index contributed by atoms with van der Waals surface area (Å²) in [5, 5.41) is 9.34. The Kier molecular flexibility index (Phi) is 5.99. The molecule has 0 aromatic carbocycles. The lowest BCUT2D eigenvalue weighted by molar-refractivity contribution is -0.119. The van der Waals surface area contributed by atoms with Crippen LogP contribution in [0.5, 0.6) is 0 Å². The average Bonchev–Trinajstić information content (AvgIpc) is 2.49. The van der Waals surface area contributed by atoms with Gasteiger partial charge in [0.15, 0.2) is 5.78 Å². The molecule has 0 bridgehead atoms. The summed E-state index contributed by atoms with van der Waals surface area (Å²) < 4.78 is 2.16. The van der Waals surface area contributed by atoms with E-state index in [9.17, 15) is 19.5 Å². The van der Waals surface area contributed by atoms with E-state index in [0.29, 0.717) is 5.71 Å². The molecule has 0 aliphatic rings. The molecular weight excluding hydrogens is 286 g/mol. The summed E-state index contributed by atoms with van der Waals surface area (Å²) in [5.41, 5.74) is -0.348. The third-order valence-corrected chi connectivity index (χ3v) is 3.54. The van der Waals surface area contributed by atoms with Crippen LogP contribution >= 0.6 is 0 Å². The van der Waals surface area contributed by atoms with Crippen LogP contribution in [0.3, 0.4) is 0 Å². The molecule has 0 atom stereocenters. The minimum atomic E-state index is -0.586. The number of carbonyl (C=O) groups excluding carboxylic acids is 1. The van der Waals surface area contributed by atoms with Crippen LogP contribution in [0.4, 0.5) is 5.82 Å². The molecule has 0 aliphatic heterocycles. The Labute approximate surface area is 128 Å². The van der Waals surface area contributed by atoms with Crippen LogP contribution in [0.1, 0.15) is 32.8 Å². The van der Waals surface area contributed by atoms with Crippen molar-refractivity contribution in [3.05, 3.63) is 26.4 Å². The van der Waals surface area contributed by atoms with Crippen molar-refractivity contribution in [2.75, 3.05) is 6.61 Å². The number of nitrogens with zero attached hydrogens (tertiary/aromatic N) is 3. The highest BCUT2D eigenvalue weighted by Gasteiger charge is 2.16. The van der Waals surface area contributed by atoms with E-state index in [0.717, 1.165) is 4.57 Å². The van der Waals surface area contributed by atoms with E-state index in [1.165, 1.54) is 11.6 Å². The van der Waals surface area contributed by atoms with Gasteiger partial charge in [-0.1, -0.05) is 20.8 Å². The van der Waals surface area contributed by atoms with Crippen molar-refractivity contribution in [1.29, 1.82) is 0 Å². The first-order chi connectivity index (χ1) is 10.2. The highest BCUT2D eigenvalue weighted by molar-refractivity contribution is 5.89.